The lowest BCUT2D eigenvalue weighted by Crippen LogP contribution is -2.36. The highest BCUT2D eigenvalue weighted by molar-refractivity contribution is 5.44. The van der Waals surface area contributed by atoms with Gasteiger partial charge in [-0.15, -0.1) is 0 Å². The molecular weight excluding hydrogens is 248 g/mol. The van der Waals surface area contributed by atoms with Crippen molar-refractivity contribution < 1.29 is 0 Å². The maximum Gasteiger partial charge on any atom is 0.0378 e. The highest BCUT2D eigenvalue weighted by Gasteiger charge is 2.12. The van der Waals surface area contributed by atoms with E-state index in [2.05, 4.69) is 36.0 Å². The smallest absolute Gasteiger partial charge is 0.0378 e. The van der Waals surface area contributed by atoms with E-state index < -0.39 is 0 Å². The van der Waals surface area contributed by atoms with Crippen molar-refractivity contribution in [2.45, 2.75) is 46.1 Å². The van der Waals surface area contributed by atoms with Crippen molar-refractivity contribution >= 4 is 5.69 Å². The summed E-state index contributed by atoms with van der Waals surface area (Å²) in [6.07, 6.45) is 6.91. The van der Waals surface area contributed by atoms with Crippen LogP contribution in [0.4, 0.5) is 5.69 Å². The second kappa shape index (κ2) is 9.72. The average Bonchev–Trinajstić information content (AvgIpc) is 2.47. The zero-order chi connectivity index (χ0) is 14.8. The zero-order valence-electron chi connectivity index (χ0n) is 13.2. The largest absolute Gasteiger partial charge is 0.398 e. The second-order valence-corrected chi connectivity index (χ2v) is 5.25. The third-order valence-corrected chi connectivity index (χ3v) is 3.78. The molecule has 1 aromatic rings. The predicted molar refractivity (Wildman–Crippen MR) is 86.8 cm³/mol. The molecule has 0 aliphatic heterocycles. The minimum Gasteiger partial charge on any atom is -0.398 e. The summed E-state index contributed by atoms with van der Waals surface area (Å²) >= 11 is 0. The van der Waals surface area contributed by atoms with Crippen LogP contribution in [-0.4, -0.2) is 42.1 Å². The van der Waals surface area contributed by atoms with Crippen molar-refractivity contribution in [1.29, 1.82) is 0 Å². The number of nitrogen functional groups attached to an aromatic ring is 1. The van der Waals surface area contributed by atoms with E-state index >= 15 is 0 Å². The third-order valence-electron chi connectivity index (χ3n) is 3.78. The molecule has 0 amide bonds. The Balaban J connectivity index is 2.57. The molecule has 1 rings (SSSR count). The fourth-order valence-corrected chi connectivity index (χ4v) is 2.38. The monoisotopic (exact) mass is 278 g/mol. The highest BCUT2D eigenvalue weighted by atomic mass is 15.1. The van der Waals surface area contributed by atoms with Gasteiger partial charge < -0.3 is 16.0 Å². The Hall–Kier alpha value is -1.13. The number of hydrogen-bond donors (Lipinski definition) is 2. The number of nitrogens with two attached hydrogens (primary N) is 1. The van der Waals surface area contributed by atoms with Gasteiger partial charge in [-0.2, -0.15) is 0 Å². The summed E-state index contributed by atoms with van der Waals surface area (Å²) in [7, 11) is 0. The number of nitrogens with one attached hydrogen (secondary N) is 1. The standard InChI is InChI=1S/C16H30N4/c1-4-9-19-15(8-11-20(5-2)6-3)12-14-13-18-10-7-16(14)17/h7,10,13,15,19H,4-6,8-9,11-12H2,1-3H3,(H2,17,18). The fraction of sp³-hybridized carbons (Fsp3) is 0.688. The van der Waals surface area contributed by atoms with Crippen LogP contribution in [0.3, 0.4) is 0 Å². The Bertz CT molecular complexity index is 363. The summed E-state index contributed by atoms with van der Waals surface area (Å²) < 4.78 is 0. The minimum atomic E-state index is 0.474. The molecule has 20 heavy (non-hydrogen) atoms. The summed E-state index contributed by atoms with van der Waals surface area (Å²) in [6, 6.07) is 2.36. The molecule has 0 aliphatic carbocycles. The van der Waals surface area contributed by atoms with E-state index in [9.17, 15) is 0 Å². The molecule has 0 saturated heterocycles. The third kappa shape index (κ3) is 5.88. The molecule has 1 unspecified atom stereocenters. The molecule has 3 N–H and O–H groups in total. The van der Waals surface area contributed by atoms with Crippen LogP contribution >= 0.6 is 0 Å². The zero-order valence-corrected chi connectivity index (χ0v) is 13.2. The summed E-state index contributed by atoms with van der Waals surface area (Å²) in [5.41, 5.74) is 8.03. The Labute approximate surface area is 123 Å². The second-order valence-electron chi connectivity index (χ2n) is 5.25. The van der Waals surface area contributed by atoms with E-state index in [0.717, 1.165) is 56.7 Å². The van der Waals surface area contributed by atoms with Crippen molar-refractivity contribution in [2.75, 3.05) is 31.9 Å². The maximum absolute atomic E-state index is 6.03. The average molecular weight is 278 g/mol. The SMILES string of the molecule is CCCNC(CCN(CC)CC)Cc1cnccc1N. The molecule has 0 saturated carbocycles. The van der Waals surface area contributed by atoms with Crippen LogP contribution in [0, 0.1) is 0 Å². The molecule has 1 heterocycles. The molecule has 1 atom stereocenters. The van der Waals surface area contributed by atoms with Crippen molar-refractivity contribution in [2.24, 2.45) is 0 Å². The van der Waals surface area contributed by atoms with E-state index in [-0.39, 0.29) is 0 Å². The Morgan fingerprint density at radius 1 is 1.30 bits per heavy atom. The Kier molecular flexibility index (Phi) is 8.23. The quantitative estimate of drug-likeness (QED) is 0.689. The number of nitrogens with zero attached hydrogens (tertiary/aromatic N) is 2. The van der Waals surface area contributed by atoms with Crippen LogP contribution in [-0.2, 0) is 6.42 Å². The first-order chi connectivity index (χ1) is 9.71. The molecule has 0 aliphatic rings. The minimum absolute atomic E-state index is 0.474. The van der Waals surface area contributed by atoms with Crippen LogP contribution in [0.25, 0.3) is 0 Å². The van der Waals surface area contributed by atoms with Crippen molar-refractivity contribution in [3.63, 3.8) is 0 Å². The van der Waals surface area contributed by atoms with Crippen LogP contribution in [0.5, 0.6) is 0 Å². The maximum atomic E-state index is 6.03. The topological polar surface area (TPSA) is 54.2 Å². The number of hydrogen-bond acceptors (Lipinski definition) is 4. The van der Waals surface area contributed by atoms with E-state index in [1.165, 1.54) is 0 Å². The molecule has 0 bridgehead atoms. The predicted octanol–water partition coefficient (Wildman–Crippen LogP) is 2.31. The van der Waals surface area contributed by atoms with Crippen LogP contribution in [0.15, 0.2) is 18.5 Å². The molecule has 4 nitrogen and oxygen atoms in total. The van der Waals surface area contributed by atoms with Crippen LogP contribution in [0.2, 0.25) is 0 Å². The van der Waals surface area contributed by atoms with Crippen molar-refractivity contribution in [1.82, 2.24) is 15.2 Å². The molecule has 0 radical (unpaired) electrons. The summed E-state index contributed by atoms with van der Waals surface area (Å²) in [6.45, 7) is 11.1. The molecule has 0 fully saturated rings. The Morgan fingerprint density at radius 2 is 2.05 bits per heavy atom. The molecule has 114 valence electrons. The van der Waals surface area contributed by atoms with Gasteiger partial charge >= 0.3 is 0 Å². The molecule has 1 aromatic heterocycles. The molecule has 0 spiro atoms. The molecular formula is C16H30N4. The number of rotatable bonds is 10. The molecule has 0 aromatic carbocycles. The summed E-state index contributed by atoms with van der Waals surface area (Å²) in [5, 5.41) is 3.64. The van der Waals surface area contributed by atoms with E-state index in [4.69, 9.17) is 5.73 Å². The number of aromatic nitrogens is 1. The van der Waals surface area contributed by atoms with E-state index in [0.29, 0.717) is 6.04 Å². The van der Waals surface area contributed by atoms with Gasteiger partial charge in [0.2, 0.25) is 0 Å². The first-order valence-electron chi connectivity index (χ1n) is 7.85. The van der Waals surface area contributed by atoms with Crippen molar-refractivity contribution in [3.8, 4) is 0 Å². The van der Waals surface area contributed by atoms with Crippen LogP contribution in [0.1, 0.15) is 39.2 Å². The first-order valence-corrected chi connectivity index (χ1v) is 7.85. The van der Waals surface area contributed by atoms with Gasteiger partial charge in [-0.3, -0.25) is 4.98 Å². The number of pyridine rings is 1. The van der Waals surface area contributed by atoms with Gasteiger partial charge in [0.25, 0.3) is 0 Å². The van der Waals surface area contributed by atoms with Crippen LogP contribution < -0.4 is 11.1 Å². The number of anilines is 1. The Morgan fingerprint density at radius 3 is 2.65 bits per heavy atom. The van der Waals surface area contributed by atoms with Gasteiger partial charge in [-0.1, -0.05) is 20.8 Å². The van der Waals surface area contributed by atoms with Gasteiger partial charge in [0.15, 0.2) is 0 Å². The summed E-state index contributed by atoms with van der Waals surface area (Å²) in [4.78, 5) is 6.65. The van der Waals surface area contributed by atoms with Gasteiger partial charge in [0.1, 0.15) is 0 Å². The summed E-state index contributed by atoms with van der Waals surface area (Å²) in [5.74, 6) is 0. The van der Waals surface area contributed by atoms with E-state index in [1.807, 2.05) is 12.3 Å². The van der Waals surface area contributed by atoms with Gasteiger partial charge in [-0.05, 0) is 57.1 Å². The van der Waals surface area contributed by atoms with Gasteiger partial charge in [0, 0.05) is 24.1 Å². The lowest BCUT2D eigenvalue weighted by molar-refractivity contribution is 0.280. The highest BCUT2D eigenvalue weighted by Crippen LogP contribution is 2.13. The normalized spacial score (nSPS) is 12.8. The van der Waals surface area contributed by atoms with E-state index in [1.54, 1.807) is 6.20 Å². The van der Waals surface area contributed by atoms with Gasteiger partial charge in [0.05, 0.1) is 0 Å². The van der Waals surface area contributed by atoms with Gasteiger partial charge in [-0.25, -0.2) is 0 Å². The van der Waals surface area contributed by atoms with Crippen molar-refractivity contribution in [3.05, 3.63) is 24.0 Å². The lowest BCUT2D eigenvalue weighted by atomic mass is 10.0. The fourth-order valence-electron chi connectivity index (χ4n) is 2.38. The first kappa shape index (κ1) is 16.9. The molecule has 4 heteroatoms. The lowest BCUT2D eigenvalue weighted by Gasteiger charge is -2.24.